The molecule has 3 fully saturated rings. The van der Waals surface area contributed by atoms with E-state index in [0.29, 0.717) is 63.3 Å². The van der Waals surface area contributed by atoms with Crippen molar-refractivity contribution in [2.45, 2.75) is 71.4 Å². The zero-order valence-corrected chi connectivity index (χ0v) is 42.2. The van der Waals surface area contributed by atoms with Crippen molar-refractivity contribution in [3.05, 3.63) is 81.3 Å². The van der Waals surface area contributed by atoms with Gasteiger partial charge in [0.05, 0.1) is 39.2 Å². The number of aryl methyl sites for hydroxylation is 2. The second kappa shape index (κ2) is 20.6. The zero-order chi connectivity index (χ0) is 48.4. The Kier molecular flexibility index (Phi) is 14.4. The summed E-state index contributed by atoms with van der Waals surface area (Å²) in [4.78, 5) is 60.5. The predicted molar refractivity (Wildman–Crippen MR) is 275 cm³/mol. The van der Waals surface area contributed by atoms with Crippen LogP contribution in [0, 0.1) is 5.92 Å². The second-order valence-electron chi connectivity index (χ2n) is 18.3. The van der Waals surface area contributed by atoms with Gasteiger partial charge in [-0.15, -0.1) is 0 Å². The molecule has 3 aliphatic heterocycles. The first-order valence-corrected chi connectivity index (χ1v) is 27.3. The Bertz CT molecular complexity index is 3000. The largest absolute Gasteiger partial charge is 0.492 e. The number of fused-ring (bicyclic) bond motifs is 2. The minimum Gasteiger partial charge on any atom is -0.492 e. The lowest BCUT2D eigenvalue weighted by molar-refractivity contribution is -0.135. The van der Waals surface area contributed by atoms with E-state index in [2.05, 4.69) is 86.3 Å². The molecule has 3 aromatic heterocycles. The number of anilines is 6. The van der Waals surface area contributed by atoms with E-state index in [0.717, 1.165) is 98.9 Å². The molecule has 3 saturated heterocycles. The van der Waals surface area contributed by atoms with Crippen LogP contribution in [-0.4, -0.2) is 108 Å². The van der Waals surface area contributed by atoms with E-state index in [9.17, 15) is 18.9 Å². The Labute approximate surface area is 409 Å². The fourth-order valence-corrected chi connectivity index (χ4v) is 11.5. The number of hydrogen-bond acceptors (Lipinski definition) is 16. The maximum atomic E-state index is 13.7. The summed E-state index contributed by atoms with van der Waals surface area (Å²) in [5.41, 5.74) is 6.45. The molecule has 20 heteroatoms. The molecule has 0 bridgehead atoms. The Hall–Kier alpha value is -5.88. The maximum Gasteiger partial charge on any atom is 0.420 e. The number of ether oxygens (including phenoxy) is 1. The van der Waals surface area contributed by atoms with E-state index in [1.54, 1.807) is 31.8 Å². The fourth-order valence-electron chi connectivity index (χ4n) is 9.71. The number of amides is 2. The molecule has 6 heterocycles. The first-order chi connectivity index (χ1) is 33.3. The number of piperidine rings is 2. The molecule has 1 atom stereocenters. The van der Waals surface area contributed by atoms with Gasteiger partial charge in [-0.3, -0.25) is 19.5 Å². The van der Waals surface area contributed by atoms with Gasteiger partial charge in [0.2, 0.25) is 17.8 Å². The van der Waals surface area contributed by atoms with Crippen LogP contribution in [0.4, 0.5) is 34.5 Å². The summed E-state index contributed by atoms with van der Waals surface area (Å²) < 4.78 is 27.7. The van der Waals surface area contributed by atoms with Gasteiger partial charge < -0.3 is 44.8 Å². The Morgan fingerprint density at radius 1 is 0.899 bits per heavy atom. The molecule has 3 aliphatic rings. The summed E-state index contributed by atoms with van der Waals surface area (Å²) in [6, 6.07) is 13.4. The summed E-state index contributed by atoms with van der Waals surface area (Å²) in [5, 5.41) is 18.0. The molecular weight excluding hydrogens is 963 g/mol. The van der Waals surface area contributed by atoms with Crippen LogP contribution < -0.4 is 52.2 Å². The predicted octanol–water partition coefficient (Wildman–Crippen LogP) is 6.61. The molecule has 364 valence electrons. The fraction of sp³-hybridized carbons (Fsp3) is 0.449. The van der Waals surface area contributed by atoms with Crippen molar-refractivity contribution in [3.63, 3.8) is 0 Å². The van der Waals surface area contributed by atoms with Gasteiger partial charge in [-0.1, -0.05) is 19.9 Å². The number of rotatable bonds is 18. The van der Waals surface area contributed by atoms with Gasteiger partial charge in [-0.05, 0) is 97.8 Å². The van der Waals surface area contributed by atoms with Crippen LogP contribution in [0.15, 0.2) is 68.5 Å². The van der Waals surface area contributed by atoms with Crippen molar-refractivity contribution < 1.29 is 23.3 Å². The molecule has 18 nitrogen and oxygen atoms in total. The molecule has 9 rings (SSSR count). The normalized spacial score (nSPS) is 17.1. The van der Waals surface area contributed by atoms with Crippen LogP contribution in [0.2, 0.25) is 0 Å². The lowest BCUT2D eigenvalue weighted by Gasteiger charge is -2.41. The molecule has 0 saturated carbocycles. The molecule has 69 heavy (non-hydrogen) atoms. The minimum atomic E-state index is -2.78. The third kappa shape index (κ3) is 10.4. The number of nitrogens with one attached hydrogen (secondary N) is 5. The van der Waals surface area contributed by atoms with Gasteiger partial charge in [0.25, 0.3) is 0 Å². The molecule has 0 spiro atoms. The average molecular weight is 1020 g/mol. The van der Waals surface area contributed by atoms with Crippen LogP contribution in [0.1, 0.15) is 63.9 Å². The number of carbonyl (C=O) groups is 2. The monoisotopic (exact) mass is 1020 g/mol. The van der Waals surface area contributed by atoms with Crippen molar-refractivity contribution in [3.8, 4) is 5.75 Å². The lowest BCUT2D eigenvalue weighted by atomic mass is 9.98. The first-order valence-electron chi connectivity index (χ1n) is 23.9. The molecule has 0 aliphatic carbocycles. The number of benzene rings is 3. The zero-order valence-electron chi connectivity index (χ0n) is 39.7. The van der Waals surface area contributed by atoms with Crippen molar-refractivity contribution in [1.29, 1.82) is 0 Å². The number of nitrogens with zero attached hydrogens (tertiary/aromatic N) is 7. The highest BCUT2D eigenvalue weighted by Crippen LogP contribution is 2.42. The Morgan fingerprint density at radius 3 is 2.45 bits per heavy atom. The summed E-state index contributed by atoms with van der Waals surface area (Å²) in [7, 11) is -2.78. The summed E-state index contributed by atoms with van der Waals surface area (Å²) >= 11 is 3.62. The molecule has 0 radical (unpaired) electrons. The minimum absolute atomic E-state index is 0.182. The van der Waals surface area contributed by atoms with Gasteiger partial charge >= 0.3 is 5.76 Å². The standard InChI is InChI=1S/C49H60BrN12O6P/c1-6-30-22-36(57-48-54-26-33(50)46(59-48)56-35-13-12-34-32(45(35)69(4,5)66)25-53-42(7-2)55-34)41(67-8-3)23-40(30)60-20-16-31(17-21-60)52-19-18-51-24-29-27-61(28-29)37-10-9-11-38-44(37)68-49(65)62(38)39-14-15-43(63)58-47(39)64/h9-13,22-23,25-26,29,31,39,51-52H,6-8,14-21,24,27-28H2,1-5H3,(H,58,63,64)(H2,54,56,57,59). The number of aromatic nitrogens is 5. The number of oxazole rings is 1. The summed E-state index contributed by atoms with van der Waals surface area (Å²) in [6.45, 7) is 16.3. The van der Waals surface area contributed by atoms with Crippen LogP contribution in [0.3, 0.4) is 0 Å². The first kappa shape index (κ1) is 48.2. The van der Waals surface area contributed by atoms with Crippen molar-refractivity contribution in [2.24, 2.45) is 5.92 Å². The Morgan fingerprint density at radius 2 is 1.71 bits per heavy atom. The summed E-state index contributed by atoms with van der Waals surface area (Å²) in [6.07, 6.45) is 7.50. The van der Waals surface area contributed by atoms with Crippen LogP contribution in [0.25, 0.3) is 22.0 Å². The van der Waals surface area contributed by atoms with E-state index < -0.39 is 24.8 Å². The number of para-hydroxylation sites is 1. The van der Waals surface area contributed by atoms with E-state index in [-0.39, 0.29) is 18.7 Å². The SMILES string of the molecule is CCOc1cc(N2CCC(NCCNCC3CN(c4cccc5c4oc(=O)n5C4CCC(=O)NC4=O)C3)CC2)c(CC)cc1Nc1ncc(Br)c(Nc2ccc3nc(CC)ncc3c2P(C)(C)=O)n1. The average Bonchev–Trinajstić information content (AvgIpc) is 3.66. The van der Waals surface area contributed by atoms with Gasteiger partial charge in [-0.25, -0.2) is 19.7 Å². The quantitative estimate of drug-likeness (QED) is 0.0348. The topological polar surface area (TPSA) is 214 Å². The highest BCUT2D eigenvalue weighted by atomic mass is 79.9. The van der Waals surface area contributed by atoms with E-state index in [1.807, 2.05) is 38.1 Å². The van der Waals surface area contributed by atoms with Gasteiger partial charge in [-0.2, -0.15) is 4.98 Å². The number of carbonyl (C=O) groups excluding carboxylic acids is 2. The molecule has 2 amide bonds. The molecule has 6 aromatic rings. The highest BCUT2D eigenvalue weighted by Gasteiger charge is 2.34. The molecular formula is C49H60BrN12O6P. The third-order valence-electron chi connectivity index (χ3n) is 13.2. The third-order valence-corrected chi connectivity index (χ3v) is 15.3. The maximum absolute atomic E-state index is 13.7. The van der Waals surface area contributed by atoms with Crippen LogP contribution in [0.5, 0.6) is 5.75 Å². The van der Waals surface area contributed by atoms with Crippen molar-refractivity contribution >= 4 is 96.7 Å². The Balaban J connectivity index is 0.770. The number of halogens is 1. The summed E-state index contributed by atoms with van der Waals surface area (Å²) in [5.74, 6) is 1.43. The van der Waals surface area contributed by atoms with E-state index in [4.69, 9.17) is 14.1 Å². The number of imide groups is 1. The van der Waals surface area contributed by atoms with Crippen molar-refractivity contribution in [1.82, 2.24) is 40.5 Å². The van der Waals surface area contributed by atoms with Gasteiger partial charge in [0.1, 0.15) is 30.6 Å². The van der Waals surface area contributed by atoms with Gasteiger partial charge in [0.15, 0.2) is 5.58 Å². The second-order valence-corrected chi connectivity index (χ2v) is 22.3. The number of hydrogen-bond donors (Lipinski definition) is 5. The smallest absolute Gasteiger partial charge is 0.420 e. The molecule has 3 aromatic carbocycles. The van der Waals surface area contributed by atoms with Crippen molar-refractivity contribution in [2.75, 3.05) is 86.2 Å². The highest BCUT2D eigenvalue weighted by molar-refractivity contribution is 9.10. The van der Waals surface area contributed by atoms with E-state index in [1.165, 1.54) is 15.8 Å². The van der Waals surface area contributed by atoms with Gasteiger partial charge in [0, 0.05) is 105 Å². The molecule has 5 N–H and O–H groups in total. The van der Waals surface area contributed by atoms with Crippen LogP contribution in [-0.2, 0) is 27.0 Å². The molecule has 1 unspecified atom stereocenters. The van der Waals surface area contributed by atoms with E-state index >= 15 is 0 Å². The van der Waals surface area contributed by atoms with Crippen LogP contribution >= 0.6 is 23.1 Å². The lowest BCUT2D eigenvalue weighted by Crippen LogP contribution is -2.51.